The van der Waals surface area contributed by atoms with Gasteiger partial charge in [0.2, 0.25) is 5.91 Å². The second kappa shape index (κ2) is 5.15. The van der Waals surface area contributed by atoms with Gasteiger partial charge in [-0.2, -0.15) is 0 Å². The van der Waals surface area contributed by atoms with Gasteiger partial charge in [0.05, 0.1) is 5.54 Å². The molecule has 2 aliphatic rings. The predicted octanol–water partition coefficient (Wildman–Crippen LogP) is 0.671. The van der Waals surface area contributed by atoms with Crippen molar-refractivity contribution in [3.8, 4) is 0 Å². The van der Waals surface area contributed by atoms with E-state index in [-0.39, 0.29) is 11.4 Å². The topological polar surface area (TPSA) is 50.4 Å². The second-order valence-corrected chi connectivity index (χ2v) is 5.14. The summed E-state index contributed by atoms with van der Waals surface area (Å²) in [5, 5.41) is 6.31. The van der Waals surface area contributed by atoms with E-state index in [0.717, 1.165) is 52.0 Å². The van der Waals surface area contributed by atoms with Crippen LogP contribution in [0.15, 0.2) is 0 Å². The predicted molar refractivity (Wildman–Crippen MR) is 62.2 cm³/mol. The molecule has 2 rings (SSSR count). The SMILES string of the molecule is CC1(C(=O)NCCC2CCOC2)CCCN1. The maximum Gasteiger partial charge on any atom is 0.240 e. The van der Waals surface area contributed by atoms with Crippen LogP contribution in [0.4, 0.5) is 0 Å². The fraction of sp³-hybridized carbons (Fsp3) is 0.917. The van der Waals surface area contributed by atoms with E-state index in [0.29, 0.717) is 5.92 Å². The molecule has 0 aliphatic carbocycles. The number of hydrogen-bond acceptors (Lipinski definition) is 3. The third-order valence-electron chi connectivity index (χ3n) is 3.73. The molecule has 1 amide bonds. The van der Waals surface area contributed by atoms with Crippen molar-refractivity contribution >= 4 is 5.91 Å². The molecule has 2 N–H and O–H groups in total. The highest BCUT2D eigenvalue weighted by molar-refractivity contribution is 5.86. The lowest BCUT2D eigenvalue weighted by atomic mass is 9.99. The highest BCUT2D eigenvalue weighted by Gasteiger charge is 2.35. The van der Waals surface area contributed by atoms with Gasteiger partial charge >= 0.3 is 0 Å². The standard InChI is InChI=1S/C12H22N2O2/c1-12(5-2-6-14-12)11(15)13-7-3-10-4-8-16-9-10/h10,14H,2-9H2,1H3,(H,13,15). The molecule has 0 aromatic heterocycles. The molecule has 4 nitrogen and oxygen atoms in total. The largest absolute Gasteiger partial charge is 0.381 e. The van der Waals surface area contributed by atoms with Crippen LogP contribution >= 0.6 is 0 Å². The van der Waals surface area contributed by atoms with Crippen molar-refractivity contribution in [2.45, 2.75) is 38.1 Å². The van der Waals surface area contributed by atoms with Gasteiger partial charge in [-0.3, -0.25) is 4.79 Å². The highest BCUT2D eigenvalue weighted by Crippen LogP contribution is 2.19. The molecular weight excluding hydrogens is 204 g/mol. The van der Waals surface area contributed by atoms with Crippen molar-refractivity contribution in [3.63, 3.8) is 0 Å². The van der Waals surface area contributed by atoms with E-state index in [1.54, 1.807) is 0 Å². The van der Waals surface area contributed by atoms with E-state index >= 15 is 0 Å². The Balaban J connectivity index is 1.67. The lowest BCUT2D eigenvalue weighted by Crippen LogP contribution is -2.51. The van der Waals surface area contributed by atoms with Crippen LogP contribution in [0.1, 0.15) is 32.6 Å². The Labute approximate surface area is 97.1 Å². The van der Waals surface area contributed by atoms with Crippen molar-refractivity contribution in [3.05, 3.63) is 0 Å². The van der Waals surface area contributed by atoms with Crippen LogP contribution in [0.5, 0.6) is 0 Å². The molecule has 0 spiro atoms. The smallest absolute Gasteiger partial charge is 0.240 e. The molecule has 2 heterocycles. The Kier molecular flexibility index (Phi) is 3.82. The van der Waals surface area contributed by atoms with Crippen LogP contribution in [-0.2, 0) is 9.53 Å². The Morgan fingerprint density at radius 1 is 1.62 bits per heavy atom. The van der Waals surface area contributed by atoms with Gasteiger partial charge in [0.1, 0.15) is 0 Å². The van der Waals surface area contributed by atoms with Gasteiger partial charge < -0.3 is 15.4 Å². The normalized spacial score (nSPS) is 34.2. The number of carbonyl (C=O) groups is 1. The number of amides is 1. The molecule has 2 fully saturated rings. The molecule has 0 radical (unpaired) electrons. The Morgan fingerprint density at radius 3 is 3.12 bits per heavy atom. The van der Waals surface area contributed by atoms with Crippen LogP contribution < -0.4 is 10.6 Å². The third kappa shape index (κ3) is 2.74. The summed E-state index contributed by atoms with van der Waals surface area (Å²) in [4.78, 5) is 11.9. The van der Waals surface area contributed by atoms with Crippen LogP contribution in [0, 0.1) is 5.92 Å². The zero-order valence-electron chi connectivity index (χ0n) is 10.1. The van der Waals surface area contributed by atoms with E-state index < -0.39 is 0 Å². The average molecular weight is 226 g/mol. The molecule has 0 saturated carbocycles. The zero-order valence-corrected chi connectivity index (χ0v) is 10.1. The van der Waals surface area contributed by atoms with E-state index in [2.05, 4.69) is 10.6 Å². The third-order valence-corrected chi connectivity index (χ3v) is 3.73. The van der Waals surface area contributed by atoms with Crippen LogP contribution in [0.25, 0.3) is 0 Å². The van der Waals surface area contributed by atoms with Crippen LogP contribution in [0.3, 0.4) is 0 Å². The van der Waals surface area contributed by atoms with Crippen molar-refractivity contribution < 1.29 is 9.53 Å². The zero-order chi connectivity index (χ0) is 11.4. The van der Waals surface area contributed by atoms with Crippen LogP contribution in [0.2, 0.25) is 0 Å². The van der Waals surface area contributed by atoms with Crippen molar-refractivity contribution in [1.82, 2.24) is 10.6 Å². The second-order valence-electron chi connectivity index (χ2n) is 5.14. The van der Waals surface area contributed by atoms with Crippen molar-refractivity contribution in [2.75, 3.05) is 26.3 Å². The first-order valence-electron chi connectivity index (χ1n) is 6.32. The van der Waals surface area contributed by atoms with Gasteiger partial charge in [-0.15, -0.1) is 0 Å². The summed E-state index contributed by atoms with van der Waals surface area (Å²) in [5.74, 6) is 0.800. The summed E-state index contributed by atoms with van der Waals surface area (Å²) >= 11 is 0. The van der Waals surface area contributed by atoms with Gasteiger partial charge in [0.15, 0.2) is 0 Å². The molecule has 0 aromatic rings. The maximum atomic E-state index is 11.9. The van der Waals surface area contributed by atoms with Crippen molar-refractivity contribution in [2.24, 2.45) is 5.92 Å². The Morgan fingerprint density at radius 2 is 2.50 bits per heavy atom. The number of hydrogen-bond donors (Lipinski definition) is 2. The minimum atomic E-state index is -0.327. The Hall–Kier alpha value is -0.610. The molecular formula is C12H22N2O2. The molecule has 0 aromatic carbocycles. The van der Waals surface area contributed by atoms with E-state index in [1.807, 2.05) is 6.92 Å². The summed E-state index contributed by atoms with van der Waals surface area (Å²) in [6.45, 7) is 5.49. The van der Waals surface area contributed by atoms with Crippen molar-refractivity contribution in [1.29, 1.82) is 0 Å². The van der Waals surface area contributed by atoms with Crippen LogP contribution in [-0.4, -0.2) is 37.7 Å². The number of rotatable bonds is 4. The monoisotopic (exact) mass is 226 g/mol. The molecule has 92 valence electrons. The summed E-state index contributed by atoms with van der Waals surface area (Å²) in [5.41, 5.74) is -0.327. The summed E-state index contributed by atoms with van der Waals surface area (Å²) in [6, 6.07) is 0. The fourth-order valence-corrected chi connectivity index (χ4v) is 2.48. The molecule has 2 atom stereocenters. The first-order valence-corrected chi connectivity index (χ1v) is 6.32. The van der Waals surface area contributed by atoms with Gasteiger partial charge in [-0.25, -0.2) is 0 Å². The molecule has 2 aliphatic heterocycles. The minimum Gasteiger partial charge on any atom is -0.381 e. The highest BCUT2D eigenvalue weighted by atomic mass is 16.5. The summed E-state index contributed by atoms with van der Waals surface area (Å²) < 4.78 is 5.31. The molecule has 2 saturated heterocycles. The van der Waals surface area contributed by atoms with Gasteiger partial charge in [-0.05, 0) is 45.1 Å². The molecule has 0 bridgehead atoms. The lowest BCUT2D eigenvalue weighted by molar-refractivity contribution is -0.126. The van der Waals surface area contributed by atoms with Gasteiger partial charge in [0.25, 0.3) is 0 Å². The first kappa shape index (κ1) is 11.9. The number of carbonyl (C=O) groups excluding carboxylic acids is 1. The molecule has 4 heteroatoms. The summed E-state index contributed by atoms with van der Waals surface area (Å²) in [7, 11) is 0. The lowest BCUT2D eigenvalue weighted by Gasteiger charge is -2.23. The van der Waals surface area contributed by atoms with Gasteiger partial charge in [0, 0.05) is 19.8 Å². The molecule has 16 heavy (non-hydrogen) atoms. The maximum absolute atomic E-state index is 11.9. The molecule has 2 unspecified atom stereocenters. The first-order chi connectivity index (χ1) is 7.71. The summed E-state index contributed by atoms with van der Waals surface area (Å²) in [6.07, 6.45) is 4.24. The van der Waals surface area contributed by atoms with Gasteiger partial charge in [-0.1, -0.05) is 0 Å². The minimum absolute atomic E-state index is 0.156. The average Bonchev–Trinajstić information content (AvgIpc) is 2.90. The quantitative estimate of drug-likeness (QED) is 0.741. The fourth-order valence-electron chi connectivity index (χ4n) is 2.48. The van der Waals surface area contributed by atoms with E-state index in [9.17, 15) is 4.79 Å². The van der Waals surface area contributed by atoms with E-state index in [1.165, 1.54) is 0 Å². The van der Waals surface area contributed by atoms with E-state index in [4.69, 9.17) is 4.74 Å². The Bertz CT molecular complexity index is 243. The number of ether oxygens (including phenoxy) is 1. The number of nitrogens with one attached hydrogen (secondary N) is 2.